The molecule has 6 nitrogen and oxygen atoms in total. The lowest BCUT2D eigenvalue weighted by Gasteiger charge is -2.58. The van der Waals surface area contributed by atoms with Gasteiger partial charge in [-0.15, -0.1) is 0 Å². The Morgan fingerprint density at radius 1 is 1.14 bits per heavy atom. The van der Waals surface area contributed by atoms with Crippen molar-refractivity contribution >= 4 is 33.8 Å². The molecule has 0 heterocycles. The first-order chi connectivity index (χ1) is 13.8. The molecule has 4 saturated carbocycles. The van der Waals surface area contributed by atoms with Gasteiger partial charge in [-0.25, -0.2) is 4.79 Å². The van der Waals surface area contributed by atoms with Crippen LogP contribution in [0.4, 0.5) is 4.79 Å². The summed E-state index contributed by atoms with van der Waals surface area (Å²) in [4.78, 5) is 38.1. The van der Waals surface area contributed by atoms with Crippen LogP contribution in [-0.2, 0) is 14.3 Å². The van der Waals surface area contributed by atoms with Crippen molar-refractivity contribution in [1.82, 2.24) is 10.6 Å². The molecule has 0 radical (unpaired) electrons. The Labute approximate surface area is 179 Å². The summed E-state index contributed by atoms with van der Waals surface area (Å²) in [6, 6.07) is 8.28. The third-order valence-electron chi connectivity index (χ3n) is 6.56. The maximum absolute atomic E-state index is 13.4. The number of benzene rings is 1. The van der Waals surface area contributed by atoms with E-state index in [1.165, 1.54) is 6.42 Å². The Morgan fingerprint density at radius 2 is 1.79 bits per heavy atom. The summed E-state index contributed by atoms with van der Waals surface area (Å²) < 4.78 is 5.87. The number of alkyl halides is 1. The van der Waals surface area contributed by atoms with Crippen molar-refractivity contribution in [3.8, 4) is 0 Å². The van der Waals surface area contributed by atoms with Crippen molar-refractivity contribution in [2.75, 3.05) is 6.54 Å². The number of carbonyl (C=O) groups is 3. The number of rotatable bonds is 5. The molecule has 4 fully saturated rings. The lowest BCUT2D eigenvalue weighted by Crippen LogP contribution is -2.56. The van der Waals surface area contributed by atoms with Crippen molar-refractivity contribution in [3.63, 3.8) is 0 Å². The van der Waals surface area contributed by atoms with Gasteiger partial charge in [0.05, 0.1) is 5.41 Å². The summed E-state index contributed by atoms with van der Waals surface area (Å²) in [5.41, 5.74) is 0.0213. The molecule has 0 spiro atoms. The van der Waals surface area contributed by atoms with E-state index in [-0.39, 0.29) is 10.3 Å². The second kappa shape index (κ2) is 7.74. The van der Waals surface area contributed by atoms with Gasteiger partial charge in [-0.3, -0.25) is 14.9 Å². The van der Waals surface area contributed by atoms with Gasteiger partial charge in [-0.1, -0.05) is 46.3 Å². The zero-order chi connectivity index (χ0) is 20.6. The zero-order valence-electron chi connectivity index (χ0n) is 16.6. The Bertz CT molecular complexity index is 798. The van der Waals surface area contributed by atoms with Crippen molar-refractivity contribution < 1.29 is 19.1 Å². The molecule has 0 aliphatic heterocycles. The first-order valence-electron chi connectivity index (χ1n) is 10.4. The van der Waals surface area contributed by atoms with Crippen LogP contribution < -0.4 is 10.6 Å². The monoisotopic (exact) mass is 462 g/mol. The number of carbonyl (C=O) groups excluding carboxylic acids is 3. The second-order valence-corrected chi connectivity index (χ2v) is 10.6. The molecule has 3 unspecified atom stereocenters. The summed E-state index contributed by atoms with van der Waals surface area (Å²) in [6.07, 6.45) is 4.67. The largest absolute Gasteiger partial charge is 0.447 e. The second-order valence-electron chi connectivity index (χ2n) is 8.94. The first-order valence-corrected chi connectivity index (χ1v) is 11.2. The number of hydrogen-bond acceptors (Lipinski definition) is 4. The highest BCUT2D eigenvalue weighted by molar-refractivity contribution is 9.10. The topological polar surface area (TPSA) is 84.5 Å². The molecule has 3 atom stereocenters. The maximum atomic E-state index is 13.4. The normalized spacial score (nSPS) is 33.0. The van der Waals surface area contributed by atoms with Crippen molar-refractivity contribution in [2.24, 2.45) is 17.3 Å². The van der Waals surface area contributed by atoms with Crippen LogP contribution in [0.15, 0.2) is 30.3 Å². The molecule has 0 saturated heterocycles. The Morgan fingerprint density at radius 3 is 2.38 bits per heavy atom. The highest BCUT2D eigenvalue weighted by Gasteiger charge is 2.61. The van der Waals surface area contributed by atoms with Gasteiger partial charge >= 0.3 is 12.0 Å². The lowest BCUT2D eigenvalue weighted by molar-refractivity contribution is -0.178. The van der Waals surface area contributed by atoms with Crippen LogP contribution in [0.1, 0.15) is 57.1 Å². The van der Waals surface area contributed by atoms with Crippen LogP contribution in [0.3, 0.4) is 0 Å². The van der Waals surface area contributed by atoms with E-state index in [4.69, 9.17) is 4.74 Å². The van der Waals surface area contributed by atoms with E-state index in [1.807, 2.05) is 6.07 Å². The number of urea groups is 1. The third kappa shape index (κ3) is 4.06. The average Bonchev–Trinajstić information content (AvgIpc) is 2.64. The van der Waals surface area contributed by atoms with E-state index in [0.717, 1.165) is 32.1 Å². The van der Waals surface area contributed by atoms with Crippen LogP contribution in [0.2, 0.25) is 0 Å². The summed E-state index contributed by atoms with van der Waals surface area (Å²) >= 11 is 3.91. The maximum Gasteiger partial charge on any atom is 0.321 e. The Kier molecular flexibility index (Phi) is 5.44. The zero-order valence-corrected chi connectivity index (χ0v) is 18.2. The van der Waals surface area contributed by atoms with E-state index < -0.39 is 23.5 Å². The fourth-order valence-corrected chi connectivity index (χ4v) is 7.36. The first kappa shape index (κ1) is 20.4. The van der Waals surface area contributed by atoms with Gasteiger partial charge in [0, 0.05) is 16.4 Å². The van der Waals surface area contributed by atoms with E-state index in [2.05, 4.69) is 26.6 Å². The number of esters is 1. The van der Waals surface area contributed by atoms with Gasteiger partial charge in [-0.2, -0.15) is 0 Å². The molecule has 0 aromatic heterocycles. The molecule has 5 rings (SSSR count). The van der Waals surface area contributed by atoms with Gasteiger partial charge in [0.1, 0.15) is 0 Å². The van der Waals surface area contributed by atoms with Gasteiger partial charge in [0.15, 0.2) is 0 Å². The number of amides is 3. The van der Waals surface area contributed by atoms with E-state index in [1.54, 1.807) is 31.2 Å². The molecular formula is C22H27BrN2O4. The molecule has 4 aliphatic carbocycles. The molecule has 1 aromatic carbocycles. The molecule has 4 bridgehead atoms. The SMILES string of the molecule is CCNC(=O)NC(=O)C(OC(=O)C12CC3CC(CC(Br)(C3)C1)C2)c1ccccc1. The Hall–Kier alpha value is -1.89. The van der Waals surface area contributed by atoms with E-state index in [0.29, 0.717) is 23.9 Å². The summed E-state index contributed by atoms with van der Waals surface area (Å²) in [7, 11) is 0. The number of imide groups is 1. The predicted molar refractivity (Wildman–Crippen MR) is 111 cm³/mol. The van der Waals surface area contributed by atoms with Gasteiger partial charge in [-0.05, 0) is 57.3 Å². The molecule has 156 valence electrons. The number of nitrogens with one attached hydrogen (secondary N) is 2. The molecule has 29 heavy (non-hydrogen) atoms. The minimum absolute atomic E-state index is 0.0155. The Balaban J connectivity index is 1.55. The summed E-state index contributed by atoms with van der Waals surface area (Å²) in [5, 5.41) is 4.82. The quantitative estimate of drug-likeness (QED) is 0.513. The molecule has 3 amide bonds. The number of hydrogen-bond donors (Lipinski definition) is 2. The fourth-order valence-electron chi connectivity index (χ4n) is 5.90. The third-order valence-corrected chi connectivity index (χ3v) is 7.49. The standard InChI is InChI=1S/C22H27BrN2O4/c1-2-24-20(28)25-18(26)17(16-6-4-3-5-7-16)29-19(27)21-9-14-8-15(10-21)12-22(23,11-14)13-21/h3-7,14-15,17H,2,8-13H2,1H3,(H2,24,25,26,28). The van der Waals surface area contributed by atoms with Crippen molar-refractivity contribution in [2.45, 2.75) is 55.9 Å². The molecule has 2 N–H and O–H groups in total. The molecular weight excluding hydrogens is 436 g/mol. The van der Waals surface area contributed by atoms with Crippen LogP contribution in [-0.4, -0.2) is 28.8 Å². The highest BCUT2D eigenvalue weighted by Crippen LogP contribution is 2.64. The smallest absolute Gasteiger partial charge is 0.321 e. The highest BCUT2D eigenvalue weighted by atomic mass is 79.9. The van der Waals surface area contributed by atoms with Gasteiger partial charge < -0.3 is 10.1 Å². The number of halogens is 1. The molecule has 4 aliphatic rings. The fraction of sp³-hybridized carbons (Fsp3) is 0.591. The predicted octanol–water partition coefficient (Wildman–Crippen LogP) is 3.85. The number of ether oxygens (including phenoxy) is 1. The van der Waals surface area contributed by atoms with Gasteiger partial charge in [0.2, 0.25) is 6.10 Å². The van der Waals surface area contributed by atoms with Crippen molar-refractivity contribution in [1.29, 1.82) is 0 Å². The minimum atomic E-state index is -1.15. The van der Waals surface area contributed by atoms with Gasteiger partial charge in [0.25, 0.3) is 5.91 Å². The lowest BCUT2D eigenvalue weighted by atomic mass is 9.49. The summed E-state index contributed by atoms with van der Waals surface area (Å²) in [6.45, 7) is 2.16. The van der Waals surface area contributed by atoms with E-state index >= 15 is 0 Å². The minimum Gasteiger partial charge on any atom is -0.447 e. The van der Waals surface area contributed by atoms with Crippen LogP contribution in [0, 0.1) is 17.3 Å². The van der Waals surface area contributed by atoms with Crippen LogP contribution in [0.25, 0.3) is 0 Å². The molecule has 1 aromatic rings. The van der Waals surface area contributed by atoms with Crippen LogP contribution >= 0.6 is 15.9 Å². The van der Waals surface area contributed by atoms with Crippen molar-refractivity contribution in [3.05, 3.63) is 35.9 Å². The van der Waals surface area contributed by atoms with E-state index in [9.17, 15) is 14.4 Å². The van der Waals surface area contributed by atoms with Crippen LogP contribution in [0.5, 0.6) is 0 Å². The molecule has 7 heteroatoms. The summed E-state index contributed by atoms with van der Waals surface area (Å²) in [5.74, 6) is 0.120. The average molecular weight is 463 g/mol.